The van der Waals surface area contributed by atoms with Crippen molar-refractivity contribution in [3.8, 4) is 0 Å². The molecule has 0 aromatic carbocycles. The van der Waals surface area contributed by atoms with Crippen LogP contribution in [0, 0.1) is 0 Å². The highest BCUT2D eigenvalue weighted by Gasteiger charge is 2.20. The third-order valence-electron chi connectivity index (χ3n) is 2.93. The zero-order valence-corrected chi connectivity index (χ0v) is 15.8. The molecule has 10 heteroatoms. The summed E-state index contributed by atoms with van der Waals surface area (Å²) in [7, 11) is -3.83. The van der Waals surface area contributed by atoms with Crippen molar-refractivity contribution in [2.45, 2.75) is 13.8 Å². The fourth-order valence-corrected chi connectivity index (χ4v) is 5.50. The van der Waals surface area contributed by atoms with Gasteiger partial charge < -0.3 is 4.90 Å². The van der Waals surface area contributed by atoms with Gasteiger partial charge >= 0.3 is 0 Å². The van der Waals surface area contributed by atoms with Crippen LogP contribution >= 0.6 is 34.3 Å². The fourth-order valence-electron chi connectivity index (χ4n) is 1.90. The Labute approximate surface area is 147 Å². The van der Waals surface area contributed by atoms with Crippen molar-refractivity contribution in [3.63, 3.8) is 0 Å². The predicted molar refractivity (Wildman–Crippen MR) is 97.3 cm³/mol. The number of hydrogen-bond donors (Lipinski definition) is 1. The molecule has 6 nitrogen and oxygen atoms in total. The van der Waals surface area contributed by atoms with Gasteiger partial charge in [0, 0.05) is 18.1 Å². The van der Waals surface area contributed by atoms with Crippen molar-refractivity contribution in [2.24, 2.45) is 0 Å². The molecule has 1 amide bonds. The molecular weight excluding hydrogens is 378 g/mol. The quantitative estimate of drug-likeness (QED) is 0.782. The van der Waals surface area contributed by atoms with Gasteiger partial charge in [0.1, 0.15) is 10.6 Å². The van der Waals surface area contributed by atoms with Gasteiger partial charge in [-0.15, -0.1) is 11.3 Å². The monoisotopic (exact) mass is 393 g/mol. The number of carbonyl (C=O) groups excluding carboxylic acids is 1. The van der Waals surface area contributed by atoms with Crippen molar-refractivity contribution in [1.29, 1.82) is 0 Å². The fraction of sp³-hybridized carbons (Fsp3) is 0.385. The number of rotatable bonds is 7. The Morgan fingerprint density at radius 1 is 1.39 bits per heavy atom. The van der Waals surface area contributed by atoms with E-state index < -0.39 is 21.7 Å². The van der Waals surface area contributed by atoms with E-state index in [4.69, 9.17) is 11.6 Å². The Morgan fingerprint density at radius 3 is 2.57 bits per heavy atom. The Balaban J connectivity index is 2.19. The van der Waals surface area contributed by atoms with Crippen LogP contribution in [0.2, 0.25) is 0 Å². The third-order valence-corrected chi connectivity index (χ3v) is 6.67. The second-order valence-corrected chi connectivity index (χ2v) is 8.95. The number of thiophene rings is 1. The largest absolute Gasteiger partial charge is 0.349 e. The van der Waals surface area contributed by atoms with Gasteiger partial charge in [-0.3, -0.25) is 4.79 Å². The van der Waals surface area contributed by atoms with Crippen molar-refractivity contribution in [1.82, 2.24) is 9.71 Å². The number of anilines is 1. The second-order valence-electron chi connectivity index (χ2n) is 4.66. The molecule has 0 bridgehead atoms. The van der Waals surface area contributed by atoms with E-state index in [1.165, 1.54) is 11.3 Å². The smallest absolute Gasteiger partial charge is 0.274 e. The first-order valence-corrected chi connectivity index (χ1v) is 10.5. The molecule has 0 aliphatic heterocycles. The van der Waals surface area contributed by atoms with Gasteiger partial charge in [-0.2, -0.15) is 0 Å². The Kier molecular flexibility index (Phi) is 5.66. The molecule has 2 aromatic rings. The van der Waals surface area contributed by atoms with E-state index in [-0.39, 0.29) is 5.03 Å². The van der Waals surface area contributed by atoms with Gasteiger partial charge in [0.2, 0.25) is 10.0 Å². The molecule has 23 heavy (non-hydrogen) atoms. The summed E-state index contributed by atoms with van der Waals surface area (Å²) in [6.45, 7) is 9.12. The van der Waals surface area contributed by atoms with E-state index in [1.54, 1.807) is 6.07 Å². The lowest BCUT2D eigenvalue weighted by molar-refractivity contribution is 0.0985. The number of nitrogens with zero attached hydrogens (tertiary/aromatic N) is 2. The normalized spacial score (nSPS) is 11.6. The lowest BCUT2D eigenvalue weighted by Crippen LogP contribution is -2.32. The summed E-state index contributed by atoms with van der Waals surface area (Å²) in [6.07, 6.45) is 0. The molecule has 2 aromatic heterocycles. The van der Waals surface area contributed by atoms with Gasteiger partial charge in [-0.25, -0.2) is 18.1 Å². The third kappa shape index (κ3) is 4.43. The van der Waals surface area contributed by atoms with Crippen LogP contribution in [0.15, 0.2) is 17.7 Å². The topological polar surface area (TPSA) is 79.4 Å². The highest BCUT2D eigenvalue weighted by Crippen LogP contribution is 2.34. The Hall–Kier alpha value is -1.16. The second kappa shape index (κ2) is 7.16. The lowest BCUT2D eigenvalue weighted by Gasteiger charge is -2.16. The molecule has 0 spiro atoms. The molecule has 0 saturated heterocycles. The molecule has 1 N–H and O–H groups in total. The maximum atomic E-state index is 12.1. The molecule has 2 heterocycles. The Morgan fingerprint density at radius 2 is 2.04 bits per heavy atom. The molecule has 0 fully saturated rings. The van der Waals surface area contributed by atoms with Crippen molar-refractivity contribution in [2.75, 3.05) is 23.7 Å². The zero-order chi connectivity index (χ0) is 17.2. The van der Waals surface area contributed by atoms with E-state index in [1.807, 2.05) is 18.6 Å². The molecule has 0 saturated carbocycles. The van der Waals surface area contributed by atoms with Crippen LogP contribution in [0.4, 0.5) is 5.13 Å². The van der Waals surface area contributed by atoms with Crippen molar-refractivity contribution >= 4 is 64.9 Å². The van der Waals surface area contributed by atoms with E-state index in [9.17, 15) is 13.2 Å². The molecule has 0 radical (unpaired) electrons. The first-order chi connectivity index (χ1) is 10.8. The number of halogens is 1. The van der Waals surface area contributed by atoms with Crippen LogP contribution in [0.5, 0.6) is 0 Å². The van der Waals surface area contributed by atoms with E-state index >= 15 is 0 Å². The highest BCUT2D eigenvalue weighted by atomic mass is 35.5. The first kappa shape index (κ1) is 18.2. The summed E-state index contributed by atoms with van der Waals surface area (Å²) in [5.41, 5.74) is 0. The zero-order valence-electron chi connectivity index (χ0n) is 12.6. The Bertz CT molecular complexity index is 806. The van der Waals surface area contributed by atoms with Gasteiger partial charge in [-0.1, -0.05) is 29.5 Å². The summed E-state index contributed by atoms with van der Waals surface area (Å²) in [4.78, 5) is 19.7. The van der Waals surface area contributed by atoms with E-state index in [0.717, 1.165) is 39.1 Å². The molecule has 0 atom stereocenters. The lowest BCUT2D eigenvalue weighted by atomic mass is 10.4. The minimum atomic E-state index is -3.83. The molecule has 126 valence electrons. The van der Waals surface area contributed by atoms with Crippen molar-refractivity contribution in [3.05, 3.63) is 22.6 Å². The summed E-state index contributed by atoms with van der Waals surface area (Å²) in [5.74, 6) is -1.17. The van der Waals surface area contributed by atoms with Crippen LogP contribution in [0.1, 0.15) is 23.5 Å². The number of hydrogen-bond acceptors (Lipinski definition) is 7. The molecular formula is C13H16ClN3O3S3. The number of fused-ring (bicyclic) bond motifs is 1. The summed E-state index contributed by atoms with van der Waals surface area (Å²) >= 11 is 8.12. The highest BCUT2D eigenvalue weighted by molar-refractivity contribution is 7.90. The molecule has 2 rings (SSSR count). The average Bonchev–Trinajstić information content (AvgIpc) is 2.96. The minimum Gasteiger partial charge on any atom is -0.349 e. The number of sulfonamides is 1. The molecule has 0 aliphatic carbocycles. The predicted octanol–water partition coefficient (Wildman–Crippen LogP) is 3.02. The average molecular weight is 394 g/mol. The molecule has 0 unspecified atom stereocenters. The standard InChI is InChI=1S/C13H16ClN3O3S3/c1-4-17(5-2)13-15-12-10(22-13)6-9(21-12)11(18)16-23(19,20)7-8(3)14/h6H,3-5,7H2,1-2H3,(H,16,18). The number of amides is 1. The SMILES string of the molecule is C=C(Cl)CS(=O)(=O)NC(=O)c1cc2sc(N(CC)CC)nc2s1. The van der Waals surface area contributed by atoms with Crippen molar-refractivity contribution < 1.29 is 13.2 Å². The number of thiazole rings is 1. The van der Waals surface area contributed by atoms with Gasteiger partial charge in [0.25, 0.3) is 5.91 Å². The van der Waals surface area contributed by atoms with Crippen LogP contribution in [-0.2, 0) is 10.0 Å². The van der Waals surface area contributed by atoms with E-state index in [0.29, 0.717) is 4.88 Å². The van der Waals surface area contributed by atoms with Crippen LogP contribution in [0.25, 0.3) is 9.53 Å². The number of nitrogens with one attached hydrogen (secondary N) is 1. The van der Waals surface area contributed by atoms with Crippen LogP contribution in [-0.4, -0.2) is 38.2 Å². The number of carbonyl (C=O) groups is 1. The first-order valence-electron chi connectivity index (χ1n) is 6.79. The van der Waals surface area contributed by atoms with Gasteiger partial charge in [-0.05, 0) is 19.9 Å². The maximum absolute atomic E-state index is 12.1. The van der Waals surface area contributed by atoms with Crippen LogP contribution in [0.3, 0.4) is 0 Å². The maximum Gasteiger partial charge on any atom is 0.274 e. The van der Waals surface area contributed by atoms with E-state index in [2.05, 4.69) is 16.5 Å². The van der Waals surface area contributed by atoms with Crippen LogP contribution < -0.4 is 9.62 Å². The minimum absolute atomic E-state index is 0.0528. The molecule has 0 aliphatic rings. The number of aromatic nitrogens is 1. The summed E-state index contributed by atoms with van der Waals surface area (Å²) in [5, 5.41) is 0.845. The summed E-state index contributed by atoms with van der Waals surface area (Å²) < 4.78 is 26.3. The van der Waals surface area contributed by atoms with Gasteiger partial charge in [0.15, 0.2) is 5.13 Å². The van der Waals surface area contributed by atoms with Gasteiger partial charge in [0.05, 0.1) is 9.58 Å². The summed E-state index contributed by atoms with van der Waals surface area (Å²) in [6, 6.07) is 1.66.